The highest BCUT2D eigenvalue weighted by Crippen LogP contribution is 2.38. The minimum absolute atomic E-state index is 0.697. The van der Waals surface area contributed by atoms with Crippen LogP contribution < -0.4 is 10.6 Å². The molecular weight excluding hydrogens is 214 g/mol. The lowest BCUT2D eigenvalue weighted by Crippen LogP contribution is -2.28. The van der Waals surface area contributed by atoms with Gasteiger partial charge in [0.15, 0.2) is 5.82 Å². The van der Waals surface area contributed by atoms with E-state index in [0.29, 0.717) is 5.82 Å². The van der Waals surface area contributed by atoms with Gasteiger partial charge >= 0.3 is 0 Å². The molecule has 2 N–H and O–H groups in total. The van der Waals surface area contributed by atoms with Crippen LogP contribution in [0.15, 0.2) is 4.90 Å². The third-order valence-electron chi connectivity index (χ3n) is 2.50. The van der Waals surface area contributed by atoms with Gasteiger partial charge in [0.25, 0.3) is 0 Å². The molecule has 0 bridgehead atoms. The molecule has 0 spiro atoms. The number of nitrogens with zero attached hydrogens (tertiary/aromatic N) is 2. The van der Waals surface area contributed by atoms with Gasteiger partial charge in [0, 0.05) is 13.1 Å². The standard InChI is InChI=1S/C9H15N3S2/c1-13-7-8(10)11-14-9(7)12-5-3-2-4-6-12/h2-6H2,1H3,(H2,10,11). The van der Waals surface area contributed by atoms with Crippen molar-refractivity contribution in [2.24, 2.45) is 0 Å². The predicted octanol–water partition coefficient (Wildman–Crippen LogP) is 2.44. The highest BCUT2D eigenvalue weighted by molar-refractivity contribution is 7.99. The molecule has 78 valence electrons. The quantitative estimate of drug-likeness (QED) is 0.791. The molecule has 5 heteroatoms. The molecular formula is C9H15N3S2. The summed E-state index contributed by atoms with van der Waals surface area (Å²) in [7, 11) is 0. The first kappa shape index (κ1) is 10.1. The van der Waals surface area contributed by atoms with Crippen molar-refractivity contribution >= 4 is 34.1 Å². The number of anilines is 2. The first-order valence-corrected chi connectivity index (χ1v) is 6.87. The Labute approximate surface area is 92.8 Å². The van der Waals surface area contributed by atoms with E-state index in [1.54, 1.807) is 11.8 Å². The van der Waals surface area contributed by atoms with E-state index in [2.05, 4.69) is 15.5 Å². The van der Waals surface area contributed by atoms with Crippen molar-refractivity contribution in [2.75, 3.05) is 30.0 Å². The Morgan fingerprint density at radius 2 is 2.07 bits per heavy atom. The van der Waals surface area contributed by atoms with Crippen LogP contribution in [0.4, 0.5) is 10.8 Å². The molecule has 0 aromatic carbocycles. The van der Waals surface area contributed by atoms with Gasteiger partial charge in [-0.3, -0.25) is 0 Å². The van der Waals surface area contributed by atoms with E-state index in [9.17, 15) is 0 Å². The van der Waals surface area contributed by atoms with E-state index in [1.807, 2.05) is 0 Å². The number of nitrogens with two attached hydrogens (primary N) is 1. The lowest BCUT2D eigenvalue weighted by Gasteiger charge is -2.27. The van der Waals surface area contributed by atoms with Crippen LogP contribution in [0, 0.1) is 0 Å². The van der Waals surface area contributed by atoms with Crippen molar-refractivity contribution < 1.29 is 0 Å². The number of hydrogen-bond donors (Lipinski definition) is 1. The normalized spacial score (nSPS) is 17.4. The zero-order valence-electron chi connectivity index (χ0n) is 8.32. The number of nitrogen functional groups attached to an aromatic ring is 1. The smallest absolute Gasteiger partial charge is 0.153 e. The molecule has 14 heavy (non-hydrogen) atoms. The predicted molar refractivity (Wildman–Crippen MR) is 64.4 cm³/mol. The van der Waals surface area contributed by atoms with Crippen LogP contribution in [-0.4, -0.2) is 23.7 Å². The van der Waals surface area contributed by atoms with Gasteiger partial charge in [0.2, 0.25) is 0 Å². The van der Waals surface area contributed by atoms with Crippen LogP contribution in [0.3, 0.4) is 0 Å². The molecule has 0 aliphatic carbocycles. The summed E-state index contributed by atoms with van der Waals surface area (Å²) in [6.07, 6.45) is 6.02. The van der Waals surface area contributed by atoms with Gasteiger partial charge < -0.3 is 10.6 Å². The van der Waals surface area contributed by atoms with E-state index < -0.39 is 0 Å². The summed E-state index contributed by atoms with van der Waals surface area (Å²) in [6, 6.07) is 0. The zero-order chi connectivity index (χ0) is 9.97. The first-order chi connectivity index (χ1) is 6.83. The largest absolute Gasteiger partial charge is 0.382 e. The van der Waals surface area contributed by atoms with Crippen LogP contribution in [-0.2, 0) is 0 Å². The number of aromatic nitrogens is 1. The molecule has 0 atom stereocenters. The number of thioether (sulfide) groups is 1. The Morgan fingerprint density at radius 3 is 2.71 bits per heavy atom. The molecule has 1 aliphatic heterocycles. The van der Waals surface area contributed by atoms with Crippen molar-refractivity contribution in [2.45, 2.75) is 24.2 Å². The van der Waals surface area contributed by atoms with E-state index in [4.69, 9.17) is 5.73 Å². The summed E-state index contributed by atoms with van der Waals surface area (Å²) in [5.41, 5.74) is 5.81. The minimum Gasteiger partial charge on any atom is -0.382 e. The van der Waals surface area contributed by atoms with Gasteiger partial charge in [-0.25, -0.2) is 0 Å². The average molecular weight is 229 g/mol. The Morgan fingerprint density at radius 1 is 1.36 bits per heavy atom. The van der Waals surface area contributed by atoms with Gasteiger partial charge in [0.05, 0.1) is 4.90 Å². The van der Waals surface area contributed by atoms with Gasteiger partial charge in [0.1, 0.15) is 5.00 Å². The molecule has 0 unspecified atom stereocenters. The lowest BCUT2D eigenvalue weighted by atomic mass is 10.1. The summed E-state index contributed by atoms with van der Waals surface area (Å²) in [4.78, 5) is 3.58. The molecule has 2 heterocycles. The maximum atomic E-state index is 5.81. The molecule has 1 fully saturated rings. The Bertz CT molecular complexity index is 305. The second-order valence-corrected chi connectivity index (χ2v) is 5.02. The van der Waals surface area contributed by atoms with E-state index in [0.717, 1.165) is 18.0 Å². The number of rotatable bonds is 2. The van der Waals surface area contributed by atoms with E-state index in [-0.39, 0.29) is 0 Å². The van der Waals surface area contributed by atoms with Gasteiger partial charge in [-0.15, -0.1) is 11.8 Å². The third-order valence-corrected chi connectivity index (χ3v) is 4.37. The zero-order valence-corrected chi connectivity index (χ0v) is 9.96. The molecule has 0 amide bonds. The second-order valence-electron chi connectivity index (χ2n) is 3.45. The van der Waals surface area contributed by atoms with Crippen LogP contribution in [0.5, 0.6) is 0 Å². The molecule has 3 nitrogen and oxygen atoms in total. The summed E-state index contributed by atoms with van der Waals surface area (Å²) in [6.45, 7) is 2.32. The van der Waals surface area contributed by atoms with Crippen molar-refractivity contribution in [3.63, 3.8) is 0 Å². The fourth-order valence-electron chi connectivity index (χ4n) is 1.78. The maximum absolute atomic E-state index is 5.81. The van der Waals surface area contributed by atoms with Crippen LogP contribution in [0.1, 0.15) is 19.3 Å². The minimum atomic E-state index is 0.697. The number of hydrogen-bond acceptors (Lipinski definition) is 5. The van der Waals surface area contributed by atoms with Crippen molar-refractivity contribution in [3.05, 3.63) is 0 Å². The molecule has 0 saturated carbocycles. The Kier molecular flexibility index (Phi) is 3.18. The third kappa shape index (κ3) is 1.83. The molecule has 1 aliphatic rings. The lowest BCUT2D eigenvalue weighted by molar-refractivity contribution is 0.578. The van der Waals surface area contributed by atoms with E-state index in [1.165, 1.54) is 35.8 Å². The Balaban J connectivity index is 2.21. The van der Waals surface area contributed by atoms with Crippen LogP contribution >= 0.6 is 23.3 Å². The SMILES string of the molecule is CSc1c(N)nsc1N1CCCCC1. The van der Waals surface area contributed by atoms with Crippen molar-refractivity contribution in [3.8, 4) is 0 Å². The highest BCUT2D eigenvalue weighted by atomic mass is 32.2. The van der Waals surface area contributed by atoms with Crippen LogP contribution in [0.2, 0.25) is 0 Å². The van der Waals surface area contributed by atoms with Crippen LogP contribution in [0.25, 0.3) is 0 Å². The van der Waals surface area contributed by atoms with E-state index >= 15 is 0 Å². The second kappa shape index (κ2) is 4.40. The van der Waals surface area contributed by atoms with Gasteiger partial charge in [-0.1, -0.05) is 0 Å². The summed E-state index contributed by atoms with van der Waals surface area (Å²) in [5.74, 6) is 0.697. The van der Waals surface area contributed by atoms with Gasteiger partial charge in [-0.2, -0.15) is 4.37 Å². The monoisotopic (exact) mass is 229 g/mol. The molecule has 1 aromatic heterocycles. The topological polar surface area (TPSA) is 42.1 Å². The summed E-state index contributed by atoms with van der Waals surface area (Å²) in [5, 5.41) is 1.27. The number of piperidine rings is 1. The van der Waals surface area contributed by atoms with Crippen molar-refractivity contribution in [1.82, 2.24) is 4.37 Å². The Hall–Kier alpha value is -0.420. The average Bonchev–Trinajstić information content (AvgIpc) is 2.61. The van der Waals surface area contributed by atoms with Gasteiger partial charge in [-0.05, 0) is 37.1 Å². The summed E-state index contributed by atoms with van der Waals surface area (Å²) >= 11 is 3.24. The highest BCUT2D eigenvalue weighted by Gasteiger charge is 2.18. The first-order valence-electron chi connectivity index (χ1n) is 4.87. The maximum Gasteiger partial charge on any atom is 0.153 e. The van der Waals surface area contributed by atoms with Crippen molar-refractivity contribution in [1.29, 1.82) is 0 Å². The summed E-state index contributed by atoms with van der Waals surface area (Å²) < 4.78 is 4.22. The molecule has 2 rings (SSSR count). The molecule has 1 aromatic rings. The fraction of sp³-hybridized carbons (Fsp3) is 0.667. The molecule has 1 saturated heterocycles. The fourth-order valence-corrected chi connectivity index (χ4v) is 3.51. The molecule has 0 radical (unpaired) electrons.